The quantitative estimate of drug-likeness (QED) is 0.726. The zero-order valence-electron chi connectivity index (χ0n) is 9.00. The summed E-state index contributed by atoms with van der Waals surface area (Å²) in [5, 5.41) is 11.8. The Morgan fingerprint density at radius 2 is 2.12 bits per heavy atom. The minimum Gasteiger partial charge on any atom is -0.490 e. The van der Waals surface area contributed by atoms with E-state index in [9.17, 15) is 0 Å². The highest BCUT2D eigenvalue weighted by Crippen LogP contribution is 2.18. The summed E-state index contributed by atoms with van der Waals surface area (Å²) in [4.78, 5) is 1.43. The fourth-order valence-corrected chi connectivity index (χ4v) is 1.26. The second-order valence-electron chi connectivity index (χ2n) is 3.23. The molecule has 0 spiro atoms. The van der Waals surface area contributed by atoms with Crippen LogP contribution in [-0.2, 0) is 7.05 Å². The van der Waals surface area contributed by atoms with Gasteiger partial charge in [0.2, 0.25) is 5.82 Å². The Morgan fingerprint density at radius 3 is 2.69 bits per heavy atom. The van der Waals surface area contributed by atoms with Crippen molar-refractivity contribution in [3.63, 3.8) is 0 Å². The first-order chi connectivity index (χ1) is 7.79. The van der Waals surface area contributed by atoms with Crippen molar-refractivity contribution >= 4 is 0 Å². The topological polar surface area (TPSA) is 52.8 Å². The van der Waals surface area contributed by atoms with E-state index in [4.69, 9.17) is 4.74 Å². The number of benzene rings is 1. The third-order valence-electron chi connectivity index (χ3n) is 1.99. The predicted molar refractivity (Wildman–Crippen MR) is 59.9 cm³/mol. The van der Waals surface area contributed by atoms with Gasteiger partial charge in [-0.05, 0) is 29.5 Å². The zero-order chi connectivity index (χ0) is 11.4. The molecule has 1 heterocycles. The summed E-state index contributed by atoms with van der Waals surface area (Å²) in [5.74, 6) is 1.41. The maximum Gasteiger partial charge on any atom is 0.204 e. The lowest BCUT2D eigenvalue weighted by Crippen LogP contribution is -1.93. The van der Waals surface area contributed by atoms with Crippen LogP contribution in [0.2, 0.25) is 0 Å². The second-order valence-corrected chi connectivity index (χ2v) is 3.23. The number of hydrogen-bond donors (Lipinski definition) is 0. The van der Waals surface area contributed by atoms with Gasteiger partial charge in [0.15, 0.2) is 0 Å². The SMILES string of the molecule is C=CCOc1ccc(-c2nnn(C)n2)cc1. The number of nitrogens with zero attached hydrogens (tertiary/aromatic N) is 4. The minimum absolute atomic E-state index is 0.503. The molecular weight excluding hydrogens is 204 g/mol. The Labute approximate surface area is 93.4 Å². The molecule has 0 aliphatic carbocycles. The molecule has 0 aliphatic heterocycles. The van der Waals surface area contributed by atoms with Gasteiger partial charge in [-0.1, -0.05) is 12.7 Å². The van der Waals surface area contributed by atoms with Crippen LogP contribution in [-0.4, -0.2) is 26.8 Å². The summed E-state index contributed by atoms with van der Waals surface area (Å²) in [6, 6.07) is 7.54. The average molecular weight is 216 g/mol. The van der Waals surface area contributed by atoms with Crippen LogP contribution in [0.4, 0.5) is 0 Å². The summed E-state index contributed by atoms with van der Waals surface area (Å²) in [5.41, 5.74) is 0.916. The number of rotatable bonds is 4. The van der Waals surface area contributed by atoms with Gasteiger partial charge in [0.25, 0.3) is 0 Å². The molecule has 0 aliphatic rings. The maximum atomic E-state index is 5.37. The number of tetrazole rings is 1. The summed E-state index contributed by atoms with van der Waals surface area (Å²) < 4.78 is 5.37. The molecule has 0 unspecified atom stereocenters. The van der Waals surface area contributed by atoms with Crippen LogP contribution < -0.4 is 4.74 Å². The van der Waals surface area contributed by atoms with E-state index in [-0.39, 0.29) is 0 Å². The van der Waals surface area contributed by atoms with Crippen LogP contribution >= 0.6 is 0 Å². The standard InChI is InChI=1S/C11H12N4O/c1-3-8-16-10-6-4-9(5-7-10)11-12-14-15(2)13-11/h3-7H,1,8H2,2H3. The molecule has 82 valence electrons. The van der Waals surface area contributed by atoms with Crippen LogP contribution in [0.25, 0.3) is 11.4 Å². The molecule has 0 atom stereocenters. The first-order valence-electron chi connectivity index (χ1n) is 4.88. The van der Waals surface area contributed by atoms with Crippen molar-refractivity contribution in [2.45, 2.75) is 0 Å². The molecule has 1 aromatic heterocycles. The van der Waals surface area contributed by atoms with E-state index in [1.54, 1.807) is 13.1 Å². The number of hydrogen-bond acceptors (Lipinski definition) is 4. The third kappa shape index (κ3) is 2.25. The van der Waals surface area contributed by atoms with Crippen molar-refractivity contribution < 1.29 is 4.74 Å². The highest BCUT2D eigenvalue weighted by atomic mass is 16.5. The Hall–Kier alpha value is -2.17. The summed E-state index contributed by atoms with van der Waals surface area (Å²) >= 11 is 0. The number of ether oxygens (including phenoxy) is 1. The molecule has 2 aromatic rings. The van der Waals surface area contributed by atoms with Gasteiger partial charge < -0.3 is 4.74 Å². The number of aryl methyl sites for hydroxylation is 1. The van der Waals surface area contributed by atoms with Crippen molar-refractivity contribution in [1.82, 2.24) is 20.2 Å². The van der Waals surface area contributed by atoms with Crippen LogP contribution in [0.3, 0.4) is 0 Å². The van der Waals surface area contributed by atoms with Crippen LogP contribution in [0.5, 0.6) is 5.75 Å². The minimum atomic E-state index is 0.503. The summed E-state index contributed by atoms with van der Waals surface area (Å²) in [7, 11) is 1.73. The molecule has 5 nitrogen and oxygen atoms in total. The zero-order valence-corrected chi connectivity index (χ0v) is 9.00. The van der Waals surface area contributed by atoms with E-state index in [1.165, 1.54) is 4.80 Å². The molecule has 2 rings (SSSR count). The highest BCUT2D eigenvalue weighted by Gasteiger charge is 2.03. The second kappa shape index (κ2) is 4.57. The van der Waals surface area contributed by atoms with Gasteiger partial charge in [0.1, 0.15) is 12.4 Å². The Kier molecular flexibility index (Phi) is 2.95. The Bertz CT molecular complexity index is 475. The van der Waals surface area contributed by atoms with Gasteiger partial charge in [0, 0.05) is 5.56 Å². The van der Waals surface area contributed by atoms with Crippen LogP contribution in [0.1, 0.15) is 0 Å². The van der Waals surface area contributed by atoms with E-state index < -0.39 is 0 Å². The van der Waals surface area contributed by atoms with E-state index in [0.29, 0.717) is 12.4 Å². The van der Waals surface area contributed by atoms with Crippen molar-refractivity contribution in [2.75, 3.05) is 6.61 Å². The van der Waals surface area contributed by atoms with E-state index in [1.807, 2.05) is 24.3 Å². The van der Waals surface area contributed by atoms with Gasteiger partial charge in [-0.3, -0.25) is 0 Å². The normalized spacial score (nSPS) is 10.1. The third-order valence-corrected chi connectivity index (χ3v) is 1.99. The predicted octanol–water partition coefficient (Wildman–Crippen LogP) is 1.44. The van der Waals surface area contributed by atoms with Gasteiger partial charge >= 0.3 is 0 Å². The molecule has 0 N–H and O–H groups in total. The molecule has 0 amide bonds. The van der Waals surface area contributed by atoms with Gasteiger partial charge in [-0.25, -0.2) is 0 Å². The average Bonchev–Trinajstić information content (AvgIpc) is 2.74. The largest absolute Gasteiger partial charge is 0.490 e. The summed E-state index contributed by atoms with van der Waals surface area (Å²) in [6.07, 6.45) is 1.71. The molecule has 0 fully saturated rings. The van der Waals surface area contributed by atoms with Crippen LogP contribution in [0, 0.1) is 0 Å². The molecule has 0 bridgehead atoms. The van der Waals surface area contributed by atoms with Gasteiger partial charge in [-0.15, -0.1) is 10.2 Å². The lowest BCUT2D eigenvalue weighted by atomic mass is 10.2. The lowest BCUT2D eigenvalue weighted by Gasteiger charge is -2.02. The van der Waals surface area contributed by atoms with Gasteiger partial charge in [-0.2, -0.15) is 4.80 Å². The fraction of sp³-hybridized carbons (Fsp3) is 0.182. The molecular formula is C11H12N4O. The first-order valence-corrected chi connectivity index (χ1v) is 4.88. The molecule has 0 saturated heterocycles. The van der Waals surface area contributed by atoms with Crippen molar-refractivity contribution in [2.24, 2.45) is 7.05 Å². The molecule has 0 saturated carbocycles. The maximum absolute atomic E-state index is 5.37. The first kappa shape index (κ1) is 10.4. The van der Waals surface area contributed by atoms with E-state index >= 15 is 0 Å². The number of aromatic nitrogens is 4. The fourth-order valence-electron chi connectivity index (χ4n) is 1.26. The Morgan fingerprint density at radius 1 is 1.38 bits per heavy atom. The van der Waals surface area contributed by atoms with E-state index in [2.05, 4.69) is 22.0 Å². The molecule has 16 heavy (non-hydrogen) atoms. The lowest BCUT2D eigenvalue weighted by molar-refractivity contribution is 0.363. The van der Waals surface area contributed by atoms with Gasteiger partial charge in [0.05, 0.1) is 7.05 Å². The molecule has 1 aromatic carbocycles. The Balaban J connectivity index is 2.15. The summed E-state index contributed by atoms with van der Waals surface area (Å²) in [6.45, 7) is 4.09. The van der Waals surface area contributed by atoms with Crippen molar-refractivity contribution in [3.05, 3.63) is 36.9 Å². The monoisotopic (exact) mass is 216 g/mol. The molecule has 0 radical (unpaired) electrons. The highest BCUT2D eigenvalue weighted by molar-refractivity contribution is 5.55. The van der Waals surface area contributed by atoms with Crippen molar-refractivity contribution in [3.8, 4) is 17.1 Å². The van der Waals surface area contributed by atoms with Crippen molar-refractivity contribution in [1.29, 1.82) is 0 Å². The molecule has 5 heteroatoms. The van der Waals surface area contributed by atoms with Crippen LogP contribution in [0.15, 0.2) is 36.9 Å². The smallest absolute Gasteiger partial charge is 0.204 e. The van der Waals surface area contributed by atoms with E-state index in [0.717, 1.165) is 11.3 Å².